The lowest BCUT2D eigenvalue weighted by Gasteiger charge is -2.16. The molecule has 25 heavy (non-hydrogen) atoms. The highest BCUT2D eigenvalue weighted by Crippen LogP contribution is 2.34. The van der Waals surface area contributed by atoms with E-state index in [-0.39, 0.29) is 18.6 Å². The molecule has 9 heteroatoms. The maximum atomic E-state index is 12.1. The lowest BCUT2D eigenvalue weighted by molar-refractivity contribution is 0.0507. The molecule has 0 saturated heterocycles. The van der Waals surface area contributed by atoms with Crippen molar-refractivity contribution in [2.45, 2.75) is 27.2 Å². The van der Waals surface area contributed by atoms with E-state index in [0.717, 1.165) is 27.8 Å². The van der Waals surface area contributed by atoms with Gasteiger partial charge >= 0.3 is 12.0 Å². The monoisotopic (exact) mass is 384 g/mol. The van der Waals surface area contributed by atoms with Gasteiger partial charge in [-0.3, -0.25) is 0 Å². The molecule has 138 valence electrons. The van der Waals surface area contributed by atoms with Gasteiger partial charge in [0.1, 0.15) is 9.71 Å². The summed E-state index contributed by atoms with van der Waals surface area (Å²) in [5.74, 6) is -0.336. The molecule has 2 aromatic heterocycles. The molecule has 0 aliphatic heterocycles. The van der Waals surface area contributed by atoms with Crippen LogP contribution in [0.1, 0.15) is 36.9 Å². The van der Waals surface area contributed by atoms with Gasteiger partial charge < -0.3 is 20.3 Å². The average Bonchev–Trinajstić information content (AvgIpc) is 3.15. The van der Waals surface area contributed by atoms with E-state index in [1.165, 1.54) is 11.3 Å². The zero-order valence-corrected chi connectivity index (χ0v) is 16.4. The van der Waals surface area contributed by atoms with Crippen molar-refractivity contribution in [1.82, 2.24) is 15.6 Å². The van der Waals surface area contributed by atoms with Crippen LogP contribution in [0.15, 0.2) is 6.07 Å². The Hall–Kier alpha value is -1.87. The van der Waals surface area contributed by atoms with Crippen LogP contribution in [0.5, 0.6) is 0 Å². The Labute approximate surface area is 155 Å². The fourth-order valence-corrected chi connectivity index (χ4v) is 4.42. The number of hydrogen-bond donors (Lipinski definition) is 2. The van der Waals surface area contributed by atoms with Crippen LogP contribution in [0, 0.1) is 0 Å². The number of esters is 1. The second kappa shape index (κ2) is 9.57. The van der Waals surface area contributed by atoms with E-state index in [1.807, 2.05) is 13.0 Å². The molecule has 2 heterocycles. The van der Waals surface area contributed by atoms with Crippen LogP contribution in [0.4, 0.5) is 9.93 Å². The number of urea groups is 1. The molecule has 0 unspecified atom stereocenters. The van der Waals surface area contributed by atoms with E-state index >= 15 is 0 Å². The van der Waals surface area contributed by atoms with Gasteiger partial charge in [-0.25, -0.2) is 14.6 Å². The fourth-order valence-electron chi connectivity index (χ4n) is 2.19. The number of thiazole rings is 1. The normalized spacial score (nSPS) is 10.7. The molecule has 0 radical (unpaired) electrons. The minimum absolute atomic E-state index is 0.206. The van der Waals surface area contributed by atoms with Gasteiger partial charge in [-0.15, -0.1) is 11.3 Å². The van der Waals surface area contributed by atoms with Crippen LogP contribution in [0.3, 0.4) is 0 Å². The molecule has 2 rings (SSSR count). The Morgan fingerprint density at radius 3 is 2.60 bits per heavy atom. The average molecular weight is 385 g/mol. The van der Waals surface area contributed by atoms with Gasteiger partial charge in [0, 0.05) is 26.2 Å². The topological polar surface area (TPSA) is 83.6 Å². The molecule has 0 aliphatic rings. The van der Waals surface area contributed by atoms with Crippen molar-refractivity contribution >= 4 is 49.3 Å². The van der Waals surface area contributed by atoms with Gasteiger partial charge in [0.05, 0.1) is 11.3 Å². The van der Waals surface area contributed by atoms with Crippen molar-refractivity contribution in [3.8, 4) is 0 Å². The smallest absolute Gasteiger partial charge is 0.348 e. The first-order chi connectivity index (χ1) is 12.1. The first-order valence-corrected chi connectivity index (χ1v) is 10.1. The second-order valence-electron chi connectivity index (χ2n) is 5.22. The molecule has 0 fully saturated rings. The molecular formula is C16H24N4O3S2. The molecule has 2 N–H and O–H groups in total. The Kier molecular flexibility index (Phi) is 7.45. The predicted octanol–water partition coefficient (Wildman–Crippen LogP) is 3.07. The van der Waals surface area contributed by atoms with E-state index in [0.29, 0.717) is 24.4 Å². The van der Waals surface area contributed by atoms with Crippen LogP contribution in [0.2, 0.25) is 0 Å². The van der Waals surface area contributed by atoms with E-state index in [1.54, 1.807) is 11.3 Å². The van der Waals surface area contributed by atoms with Crippen LogP contribution in [0.25, 0.3) is 9.53 Å². The molecule has 0 saturated carbocycles. The Morgan fingerprint density at radius 1 is 1.20 bits per heavy atom. The summed E-state index contributed by atoms with van der Waals surface area (Å²) in [6.45, 7) is 9.20. The van der Waals surface area contributed by atoms with Gasteiger partial charge in [0.25, 0.3) is 0 Å². The third-order valence-electron chi connectivity index (χ3n) is 3.49. The molecule has 0 bridgehead atoms. The summed E-state index contributed by atoms with van der Waals surface area (Å²) < 4.78 is 6.27. The number of hydrogen-bond acceptors (Lipinski definition) is 7. The molecule has 0 aromatic carbocycles. The fraction of sp³-hybridized carbons (Fsp3) is 0.562. The van der Waals surface area contributed by atoms with Gasteiger partial charge in [0.2, 0.25) is 0 Å². The lowest BCUT2D eigenvalue weighted by Crippen LogP contribution is -2.36. The minimum Gasteiger partial charge on any atom is -0.461 e. The van der Waals surface area contributed by atoms with Crippen molar-refractivity contribution in [2.75, 3.05) is 37.7 Å². The Bertz CT molecular complexity index is 678. The Balaban J connectivity index is 1.82. The van der Waals surface area contributed by atoms with Crippen LogP contribution in [-0.2, 0) is 4.74 Å². The van der Waals surface area contributed by atoms with E-state index in [4.69, 9.17) is 4.74 Å². The summed E-state index contributed by atoms with van der Waals surface area (Å²) in [7, 11) is 0. The molecule has 2 amide bonds. The number of fused-ring (bicyclic) bond motifs is 1. The number of thiophene rings is 1. The van der Waals surface area contributed by atoms with Gasteiger partial charge in [-0.1, -0.05) is 11.3 Å². The minimum atomic E-state index is -0.336. The predicted molar refractivity (Wildman–Crippen MR) is 103 cm³/mol. The Morgan fingerprint density at radius 2 is 1.96 bits per heavy atom. The summed E-state index contributed by atoms with van der Waals surface area (Å²) >= 11 is 2.95. The number of nitrogens with zero attached hydrogens (tertiary/aromatic N) is 2. The first kappa shape index (κ1) is 19.5. The van der Waals surface area contributed by atoms with Gasteiger partial charge in [0.15, 0.2) is 5.13 Å². The van der Waals surface area contributed by atoms with Crippen molar-refractivity contribution in [3.05, 3.63) is 10.9 Å². The summed E-state index contributed by atoms with van der Waals surface area (Å²) in [5, 5.41) is 6.32. The third-order valence-corrected chi connectivity index (χ3v) is 5.69. The highest BCUT2D eigenvalue weighted by Gasteiger charge is 2.16. The zero-order chi connectivity index (χ0) is 18.2. The molecule has 0 atom stereocenters. The van der Waals surface area contributed by atoms with Crippen molar-refractivity contribution in [1.29, 1.82) is 0 Å². The van der Waals surface area contributed by atoms with Crippen LogP contribution in [-0.4, -0.2) is 49.8 Å². The molecular weight excluding hydrogens is 360 g/mol. The third kappa shape index (κ3) is 5.30. The summed E-state index contributed by atoms with van der Waals surface area (Å²) in [6.07, 6.45) is 0.576. The maximum absolute atomic E-state index is 12.1. The zero-order valence-electron chi connectivity index (χ0n) is 14.8. The molecule has 0 spiro atoms. The quantitative estimate of drug-likeness (QED) is 0.513. The molecule has 0 aliphatic carbocycles. The first-order valence-electron chi connectivity index (χ1n) is 8.43. The van der Waals surface area contributed by atoms with Gasteiger partial charge in [-0.2, -0.15) is 0 Å². The number of carbonyl (C=O) groups is 2. The molecule has 7 nitrogen and oxygen atoms in total. The number of ether oxygens (including phenoxy) is 1. The maximum Gasteiger partial charge on any atom is 0.348 e. The summed E-state index contributed by atoms with van der Waals surface area (Å²) in [4.78, 5) is 31.5. The highest BCUT2D eigenvalue weighted by molar-refractivity contribution is 7.29. The molecule has 2 aromatic rings. The van der Waals surface area contributed by atoms with Crippen molar-refractivity contribution in [2.24, 2.45) is 0 Å². The number of anilines is 1. The number of carbonyl (C=O) groups excluding carboxylic acids is 2. The van der Waals surface area contributed by atoms with Crippen molar-refractivity contribution in [3.63, 3.8) is 0 Å². The summed E-state index contributed by atoms with van der Waals surface area (Å²) in [5.41, 5.74) is 0. The van der Waals surface area contributed by atoms with Crippen LogP contribution < -0.4 is 15.5 Å². The van der Waals surface area contributed by atoms with Crippen molar-refractivity contribution < 1.29 is 14.3 Å². The number of nitrogens with one attached hydrogen (secondary N) is 2. The SMILES string of the molecule is CCNC(=O)NCCCOC(=O)c1cc2sc(N(CC)CC)nc2s1. The van der Waals surface area contributed by atoms with E-state index in [2.05, 4.69) is 34.4 Å². The van der Waals surface area contributed by atoms with E-state index < -0.39 is 0 Å². The summed E-state index contributed by atoms with van der Waals surface area (Å²) in [6, 6.07) is 1.64. The largest absolute Gasteiger partial charge is 0.461 e. The van der Waals surface area contributed by atoms with Crippen LogP contribution >= 0.6 is 22.7 Å². The van der Waals surface area contributed by atoms with E-state index in [9.17, 15) is 9.59 Å². The van der Waals surface area contributed by atoms with Gasteiger partial charge in [-0.05, 0) is 33.3 Å². The number of rotatable bonds is 9. The second-order valence-corrected chi connectivity index (χ2v) is 7.26. The lowest BCUT2D eigenvalue weighted by atomic mass is 10.4. The standard InChI is InChI=1S/C16H24N4O3S2/c1-4-17-15(22)18-8-7-9-23-14(21)12-10-11-13(24-12)19-16(25-11)20(5-2)6-3/h10H,4-9H2,1-3H3,(H2,17,18,22). The number of amides is 2. The highest BCUT2D eigenvalue weighted by atomic mass is 32.1. The number of aromatic nitrogens is 1.